The van der Waals surface area contributed by atoms with E-state index in [1.807, 2.05) is 0 Å². The van der Waals surface area contributed by atoms with E-state index in [9.17, 15) is 13.2 Å². The summed E-state index contributed by atoms with van der Waals surface area (Å²) < 4.78 is 43.2. The SMILES string of the molecule is CC1CCC(C2CCC(C3CCC(C)C(F)C3F)CC2F)CC1. The van der Waals surface area contributed by atoms with Crippen molar-refractivity contribution in [2.24, 2.45) is 35.5 Å². The van der Waals surface area contributed by atoms with Crippen molar-refractivity contribution in [3.05, 3.63) is 0 Å². The van der Waals surface area contributed by atoms with Gasteiger partial charge in [0, 0.05) is 0 Å². The van der Waals surface area contributed by atoms with Crippen LogP contribution in [-0.4, -0.2) is 18.5 Å². The molecule has 0 bridgehead atoms. The van der Waals surface area contributed by atoms with E-state index in [-0.39, 0.29) is 23.7 Å². The molecule has 3 saturated carbocycles. The van der Waals surface area contributed by atoms with E-state index in [4.69, 9.17) is 0 Å². The molecule has 0 saturated heterocycles. The first-order valence-electron chi connectivity index (χ1n) is 9.89. The molecule has 134 valence electrons. The second-order valence-corrected chi connectivity index (χ2v) is 8.88. The third-order valence-corrected chi connectivity index (χ3v) is 7.35. The van der Waals surface area contributed by atoms with Gasteiger partial charge in [-0.05, 0) is 80.5 Å². The maximum absolute atomic E-state index is 14.8. The molecule has 0 heterocycles. The highest BCUT2D eigenvalue weighted by Gasteiger charge is 2.45. The van der Waals surface area contributed by atoms with Crippen LogP contribution < -0.4 is 0 Å². The summed E-state index contributed by atoms with van der Waals surface area (Å²) in [5.41, 5.74) is 0. The Kier molecular flexibility index (Phi) is 5.63. The summed E-state index contributed by atoms with van der Waals surface area (Å²) in [6.45, 7) is 4.09. The maximum atomic E-state index is 14.8. The first-order chi connectivity index (χ1) is 11.0. The number of alkyl halides is 3. The third kappa shape index (κ3) is 3.74. The van der Waals surface area contributed by atoms with Crippen LogP contribution in [0.25, 0.3) is 0 Å². The van der Waals surface area contributed by atoms with Crippen LogP contribution in [0.4, 0.5) is 13.2 Å². The molecule has 0 N–H and O–H groups in total. The Morgan fingerprint density at radius 1 is 0.609 bits per heavy atom. The molecule has 3 rings (SSSR count). The molecule has 7 atom stereocenters. The Balaban J connectivity index is 1.56. The third-order valence-electron chi connectivity index (χ3n) is 7.35. The summed E-state index contributed by atoms with van der Waals surface area (Å²) >= 11 is 0. The highest BCUT2D eigenvalue weighted by Crippen LogP contribution is 2.47. The van der Waals surface area contributed by atoms with Crippen LogP contribution >= 0.6 is 0 Å². The van der Waals surface area contributed by atoms with Gasteiger partial charge in [-0.1, -0.05) is 26.7 Å². The van der Waals surface area contributed by atoms with Crippen LogP contribution in [0.1, 0.15) is 71.6 Å². The number of halogens is 3. The Labute approximate surface area is 139 Å². The summed E-state index contributed by atoms with van der Waals surface area (Å²) in [5.74, 6) is 1.14. The van der Waals surface area contributed by atoms with E-state index in [1.165, 1.54) is 12.8 Å². The van der Waals surface area contributed by atoms with Crippen LogP contribution in [0.2, 0.25) is 0 Å². The lowest BCUT2D eigenvalue weighted by molar-refractivity contribution is -0.0276. The fourth-order valence-corrected chi connectivity index (χ4v) is 5.62. The van der Waals surface area contributed by atoms with Crippen molar-refractivity contribution in [1.29, 1.82) is 0 Å². The van der Waals surface area contributed by atoms with Crippen LogP contribution in [-0.2, 0) is 0 Å². The second-order valence-electron chi connectivity index (χ2n) is 8.88. The zero-order valence-electron chi connectivity index (χ0n) is 14.7. The Morgan fingerprint density at radius 3 is 1.87 bits per heavy atom. The van der Waals surface area contributed by atoms with Crippen LogP contribution in [0, 0.1) is 35.5 Å². The van der Waals surface area contributed by atoms with Gasteiger partial charge in [0.25, 0.3) is 0 Å². The molecular formula is C20H33F3. The highest BCUT2D eigenvalue weighted by molar-refractivity contribution is 4.94. The zero-order chi connectivity index (χ0) is 16.6. The van der Waals surface area contributed by atoms with Crippen molar-refractivity contribution in [1.82, 2.24) is 0 Å². The van der Waals surface area contributed by atoms with Crippen molar-refractivity contribution in [2.75, 3.05) is 0 Å². The van der Waals surface area contributed by atoms with Gasteiger partial charge in [0.05, 0.1) is 0 Å². The van der Waals surface area contributed by atoms with E-state index in [2.05, 4.69) is 6.92 Å². The van der Waals surface area contributed by atoms with Crippen molar-refractivity contribution in [3.63, 3.8) is 0 Å². The smallest absolute Gasteiger partial charge is 0.134 e. The standard InChI is InChI=1S/C20H33F3/c1-12-3-6-14(7-4-12)16-10-8-15(11-18(16)21)17-9-5-13(2)19(22)20(17)23/h12-20H,3-11H2,1-2H3. The van der Waals surface area contributed by atoms with Gasteiger partial charge in [0.2, 0.25) is 0 Å². The molecule has 23 heavy (non-hydrogen) atoms. The number of hydrogen-bond acceptors (Lipinski definition) is 0. The van der Waals surface area contributed by atoms with E-state index in [0.29, 0.717) is 12.3 Å². The molecule has 0 aliphatic heterocycles. The molecule has 7 unspecified atom stereocenters. The summed E-state index contributed by atoms with van der Waals surface area (Å²) in [6, 6.07) is 0. The molecule has 0 amide bonds. The van der Waals surface area contributed by atoms with E-state index in [0.717, 1.165) is 44.4 Å². The monoisotopic (exact) mass is 330 g/mol. The summed E-state index contributed by atoms with van der Waals surface area (Å²) in [5, 5.41) is 0. The van der Waals surface area contributed by atoms with Crippen LogP contribution in [0.3, 0.4) is 0 Å². The molecule has 3 fully saturated rings. The Morgan fingerprint density at radius 2 is 1.22 bits per heavy atom. The highest BCUT2D eigenvalue weighted by atomic mass is 19.2. The molecule has 0 nitrogen and oxygen atoms in total. The molecule has 0 aromatic heterocycles. The Hall–Kier alpha value is -0.210. The molecule has 0 aromatic carbocycles. The summed E-state index contributed by atoms with van der Waals surface area (Å²) in [7, 11) is 0. The lowest BCUT2D eigenvalue weighted by Gasteiger charge is -2.44. The first-order valence-corrected chi connectivity index (χ1v) is 9.89. The summed E-state index contributed by atoms with van der Waals surface area (Å²) in [4.78, 5) is 0. The minimum atomic E-state index is -1.37. The van der Waals surface area contributed by atoms with E-state index >= 15 is 0 Å². The van der Waals surface area contributed by atoms with E-state index in [1.54, 1.807) is 6.92 Å². The minimum Gasteiger partial charge on any atom is -0.247 e. The van der Waals surface area contributed by atoms with Crippen LogP contribution in [0.15, 0.2) is 0 Å². The van der Waals surface area contributed by atoms with Crippen molar-refractivity contribution >= 4 is 0 Å². The molecule has 3 aliphatic rings. The maximum Gasteiger partial charge on any atom is 0.134 e. The lowest BCUT2D eigenvalue weighted by atomic mass is 9.64. The average Bonchev–Trinajstić information content (AvgIpc) is 2.54. The van der Waals surface area contributed by atoms with E-state index < -0.39 is 18.5 Å². The van der Waals surface area contributed by atoms with Crippen molar-refractivity contribution in [3.8, 4) is 0 Å². The predicted octanol–water partition coefficient (Wildman–Crippen LogP) is 6.29. The Bertz CT molecular complexity index is 377. The number of rotatable bonds is 2. The minimum absolute atomic E-state index is 0.0597. The quantitative estimate of drug-likeness (QED) is 0.558. The zero-order valence-corrected chi connectivity index (χ0v) is 14.7. The van der Waals surface area contributed by atoms with Gasteiger partial charge < -0.3 is 0 Å². The van der Waals surface area contributed by atoms with Gasteiger partial charge in [0.1, 0.15) is 18.5 Å². The molecule has 3 aliphatic carbocycles. The lowest BCUT2D eigenvalue weighted by Crippen LogP contribution is -2.43. The van der Waals surface area contributed by atoms with Crippen LogP contribution in [0.5, 0.6) is 0 Å². The molecule has 0 aromatic rings. The summed E-state index contributed by atoms with van der Waals surface area (Å²) in [6.07, 6.45) is 5.04. The normalized spacial score (nSPS) is 52.3. The molecular weight excluding hydrogens is 297 g/mol. The van der Waals surface area contributed by atoms with Gasteiger partial charge in [-0.15, -0.1) is 0 Å². The molecule has 0 radical (unpaired) electrons. The topological polar surface area (TPSA) is 0 Å². The largest absolute Gasteiger partial charge is 0.247 e. The molecule has 0 spiro atoms. The van der Waals surface area contributed by atoms with Gasteiger partial charge in [-0.25, -0.2) is 13.2 Å². The van der Waals surface area contributed by atoms with Gasteiger partial charge in [-0.3, -0.25) is 0 Å². The van der Waals surface area contributed by atoms with Crippen molar-refractivity contribution < 1.29 is 13.2 Å². The van der Waals surface area contributed by atoms with Gasteiger partial charge >= 0.3 is 0 Å². The second kappa shape index (κ2) is 7.35. The fourth-order valence-electron chi connectivity index (χ4n) is 5.62. The first kappa shape index (κ1) is 17.6. The average molecular weight is 330 g/mol. The molecule has 3 heteroatoms. The predicted molar refractivity (Wildman–Crippen MR) is 88.5 cm³/mol. The van der Waals surface area contributed by atoms with Gasteiger partial charge in [-0.2, -0.15) is 0 Å². The number of hydrogen-bond donors (Lipinski definition) is 0. The fraction of sp³-hybridized carbons (Fsp3) is 1.00. The van der Waals surface area contributed by atoms with Crippen molar-refractivity contribution in [2.45, 2.75) is 90.1 Å². The van der Waals surface area contributed by atoms with Gasteiger partial charge in [0.15, 0.2) is 0 Å².